The largest absolute Gasteiger partial charge is 0.493 e. The highest BCUT2D eigenvalue weighted by atomic mass is 16.5. The van der Waals surface area contributed by atoms with Crippen molar-refractivity contribution >= 4 is 5.78 Å². The van der Waals surface area contributed by atoms with Gasteiger partial charge in [0.2, 0.25) is 0 Å². The van der Waals surface area contributed by atoms with Crippen molar-refractivity contribution < 1.29 is 14.3 Å². The van der Waals surface area contributed by atoms with E-state index in [0.29, 0.717) is 23.7 Å². The molecule has 0 radical (unpaired) electrons. The Bertz CT molecular complexity index is 1140. The first-order chi connectivity index (χ1) is 17.6. The summed E-state index contributed by atoms with van der Waals surface area (Å²) in [5.41, 5.74) is 2.13. The highest BCUT2D eigenvalue weighted by Gasteiger charge is 2.43. The summed E-state index contributed by atoms with van der Waals surface area (Å²) in [6.07, 6.45) is 2.83. The fraction of sp³-hybridized carbons (Fsp3) is 0.355. The van der Waals surface area contributed by atoms with Crippen LogP contribution in [-0.4, -0.2) is 44.0 Å². The number of rotatable bonds is 10. The van der Waals surface area contributed by atoms with Gasteiger partial charge in [0, 0.05) is 12.1 Å². The first-order valence-corrected chi connectivity index (χ1v) is 12.6. The number of hydrogen-bond donors (Lipinski definition) is 0. The predicted octanol–water partition coefficient (Wildman–Crippen LogP) is 5.89. The predicted molar refractivity (Wildman–Crippen MR) is 142 cm³/mol. The van der Waals surface area contributed by atoms with Crippen LogP contribution in [0.15, 0.2) is 78.9 Å². The van der Waals surface area contributed by atoms with Gasteiger partial charge in [-0.25, -0.2) is 0 Å². The molecule has 1 heterocycles. The van der Waals surface area contributed by atoms with Crippen LogP contribution in [0.25, 0.3) is 0 Å². The molecule has 5 nitrogen and oxygen atoms in total. The van der Waals surface area contributed by atoms with Crippen molar-refractivity contribution in [1.29, 1.82) is 5.26 Å². The van der Waals surface area contributed by atoms with Gasteiger partial charge in [0.05, 0.1) is 19.8 Å². The van der Waals surface area contributed by atoms with E-state index in [2.05, 4.69) is 35.2 Å². The van der Waals surface area contributed by atoms with Crippen LogP contribution in [0.1, 0.15) is 47.7 Å². The van der Waals surface area contributed by atoms with Gasteiger partial charge in [0.25, 0.3) is 0 Å². The van der Waals surface area contributed by atoms with Crippen molar-refractivity contribution in [3.63, 3.8) is 0 Å². The molecule has 0 spiro atoms. The Hall–Kier alpha value is -3.62. The lowest BCUT2D eigenvalue weighted by atomic mass is 9.64. The SMILES string of the molecule is COc1cc(C(C)=O)ccc1OCCCN1CCC(C(C#N)(c2ccccc2)c2ccccc2)CC1. The van der Waals surface area contributed by atoms with Gasteiger partial charge in [-0.1, -0.05) is 60.7 Å². The van der Waals surface area contributed by atoms with Crippen LogP contribution in [0.5, 0.6) is 11.5 Å². The minimum Gasteiger partial charge on any atom is -0.493 e. The van der Waals surface area contributed by atoms with Crippen molar-refractivity contribution in [2.24, 2.45) is 5.92 Å². The number of methoxy groups -OCH3 is 1. The molecule has 36 heavy (non-hydrogen) atoms. The molecule has 4 rings (SSSR count). The number of carbonyl (C=O) groups excluding carboxylic acids is 1. The van der Waals surface area contributed by atoms with Crippen molar-refractivity contribution in [3.8, 4) is 17.6 Å². The summed E-state index contributed by atoms with van der Waals surface area (Å²) in [5, 5.41) is 10.6. The van der Waals surface area contributed by atoms with Crippen LogP contribution >= 0.6 is 0 Å². The van der Waals surface area contributed by atoms with E-state index in [-0.39, 0.29) is 11.7 Å². The molecule has 5 heteroatoms. The summed E-state index contributed by atoms with van der Waals surface area (Å²) in [7, 11) is 1.59. The maximum absolute atomic E-state index is 11.6. The van der Waals surface area contributed by atoms with E-state index in [1.165, 1.54) is 0 Å². The van der Waals surface area contributed by atoms with E-state index in [4.69, 9.17) is 9.47 Å². The molecule has 0 saturated carbocycles. The number of nitriles is 1. The summed E-state index contributed by atoms with van der Waals surface area (Å²) in [4.78, 5) is 14.1. The highest BCUT2D eigenvalue weighted by molar-refractivity contribution is 5.94. The zero-order valence-electron chi connectivity index (χ0n) is 21.2. The number of piperidine rings is 1. The van der Waals surface area contributed by atoms with Crippen molar-refractivity contribution in [1.82, 2.24) is 4.90 Å². The Morgan fingerprint density at radius 2 is 1.58 bits per heavy atom. The first-order valence-electron chi connectivity index (χ1n) is 12.6. The van der Waals surface area contributed by atoms with Gasteiger partial charge in [-0.15, -0.1) is 0 Å². The monoisotopic (exact) mass is 482 g/mol. The molecule has 0 N–H and O–H groups in total. The van der Waals surface area contributed by atoms with Crippen LogP contribution in [-0.2, 0) is 5.41 Å². The molecule has 1 fully saturated rings. The molecule has 3 aromatic rings. The van der Waals surface area contributed by atoms with Gasteiger partial charge in [-0.05, 0) is 74.5 Å². The van der Waals surface area contributed by atoms with E-state index in [1.807, 2.05) is 36.4 Å². The maximum Gasteiger partial charge on any atom is 0.161 e. The molecule has 0 unspecified atom stereocenters. The zero-order chi connectivity index (χ0) is 25.4. The topological polar surface area (TPSA) is 62.6 Å². The molecule has 1 aliphatic rings. The molecule has 1 aliphatic heterocycles. The van der Waals surface area contributed by atoms with Gasteiger partial charge in [-0.3, -0.25) is 4.79 Å². The second-order valence-corrected chi connectivity index (χ2v) is 9.39. The molecule has 0 atom stereocenters. The Labute approximate surface area is 214 Å². The zero-order valence-corrected chi connectivity index (χ0v) is 21.2. The lowest BCUT2D eigenvalue weighted by Gasteiger charge is -2.41. The molecule has 3 aromatic carbocycles. The van der Waals surface area contributed by atoms with Gasteiger partial charge >= 0.3 is 0 Å². The number of ether oxygens (including phenoxy) is 2. The van der Waals surface area contributed by atoms with Gasteiger partial charge in [0.15, 0.2) is 17.3 Å². The second kappa shape index (κ2) is 11.9. The van der Waals surface area contributed by atoms with Gasteiger partial charge < -0.3 is 14.4 Å². The van der Waals surface area contributed by atoms with Crippen LogP contribution < -0.4 is 9.47 Å². The van der Waals surface area contributed by atoms with Crippen LogP contribution in [0.4, 0.5) is 0 Å². The average molecular weight is 483 g/mol. The summed E-state index contributed by atoms with van der Waals surface area (Å²) in [6, 6.07) is 28.6. The third kappa shape index (κ3) is 5.45. The molecule has 0 bridgehead atoms. The summed E-state index contributed by atoms with van der Waals surface area (Å²) < 4.78 is 11.4. The number of Topliss-reactive ketones (excluding diaryl/α,β-unsaturated/α-hetero) is 1. The molecular weight excluding hydrogens is 448 g/mol. The van der Waals surface area contributed by atoms with Crippen molar-refractivity contribution in [3.05, 3.63) is 95.6 Å². The minimum absolute atomic E-state index is 0.00296. The molecule has 0 amide bonds. The molecule has 0 aliphatic carbocycles. The van der Waals surface area contributed by atoms with E-state index < -0.39 is 5.41 Å². The fourth-order valence-electron chi connectivity index (χ4n) is 5.33. The number of ketones is 1. The van der Waals surface area contributed by atoms with Gasteiger partial charge in [0.1, 0.15) is 5.41 Å². The minimum atomic E-state index is -0.639. The van der Waals surface area contributed by atoms with Crippen LogP contribution in [0, 0.1) is 17.2 Å². The van der Waals surface area contributed by atoms with Crippen LogP contribution in [0.3, 0.4) is 0 Å². The van der Waals surface area contributed by atoms with Crippen molar-refractivity contribution in [2.75, 3.05) is 33.4 Å². The molecule has 186 valence electrons. The van der Waals surface area contributed by atoms with E-state index in [0.717, 1.165) is 50.0 Å². The van der Waals surface area contributed by atoms with E-state index in [9.17, 15) is 10.1 Å². The first kappa shape index (κ1) is 25.5. The smallest absolute Gasteiger partial charge is 0.161 e. The number of benzene rings is 3. The standard InChI is InChI=1S/C31H34N2O3/c1-24(34)25-14-15-29(30(22-25)35-2)36-21-9-18-33-19-16-28(17-20-33)31(23-32,26-10-5-3-6-11-26)27-12-7-4-8-13-27/h3-8,10-15,22,28H,9,16-21H2,1-2H3. The number of likely N-dealkylation sites (tertiary alicyclic amines) is 1. The fourth-order valence-corrected chi connectivity index (χ4v) is 5.33. The summed E-state index contributed by atoms with van der Waals surface area (Å²) in [5.74, 6) is 1.50. The Morgan fingerprint density at radius 3 is 2.11 bits per heavy atom. The second-order valence-electron chi connectivity index (χ2n) is 9.39. The Morgan fingerprint density at radius 1 is 0.972 bits per heavy atom. The third-order valence-electron chi connectivity index (χ3n) is 7.28. The lowest BCUT2D eigenvalue weighted by Crippen LogP contribution is -2.44. The quantitative estimate of drug-likeness (QED) is 0.266. The normalized spacial score (nSPS) is 14.7. The molecule has 0 aromatic heterocycles. The van der Waals surface area contributed by atoms with Crippen LogP contribution in [0.2, 0.25) is 0 Å². The van der Waals surface area contributed by atoms with Crippen molar-refractivity contribution in [2.45, 2.75) is 31.6 Å². The number of hydrogen-bond acceptors (Lipinski definition) is 5. The lowest BCUT2D eigenvalue weighted by molar-refractivity contribution is 0.101. The number of nitrogens with zero attached hydrogens (tertiary/aromatic N) is 2. The molecule has 1 saturated heterocycles. The highest BCUT2D eigenvalue weighted by Crippen LogP contribution is 2.43. The maximum atomic E-state index is 11.6. The Kier molecular flexibility index (Phi) is 8.40. The van der Waals surface area contributed by atoms with E-state index >= 15 is 0 Å². The summed E-state index contributed by atoms with van der Waals surface area (Å²) in [6.45, 7) is 4.98. The van der Waals surface area contributed by atoms with Gasteiger partial charge in [-0.2, -0.15) is 5.26 Å². The number of carbonyl (C=O) groups is 1. The third-order valence-corrected chi connectivity index (χ3v) is 7.28. The average Bonchev–Trinajstić information content (AvgIpc) is 2.93. The van der Waals surface area contributed by atoms with E-state index in [1.54, 1.807) is 32.2 Å². The molecular formula is C31H34N2O3. The Balaban J connectivity index is 1.35. The summed E-state index contributed by atoms with van der Waals surface area (Å²) >= 11 is 0.